The Hall–Kier alpha value is -1.35. The van der Waals surface area contributed by atoms with Gasteiger partial charge in [-0.1, -0.05) is 32.9 Å². The Morgan fingerprint density at radius 2 is 1.81 bits per heavy atom. The molecule has 1 rings (SSSR count). The maximum Gasteiger partial charge on any atom is 0.311 e. The van der Waals surface area contributed by atoms with E-state index in [-0.39, 0.29) is 11.4 Å². The van der Waals surface area contributed by atoms with Crippen LogP contribution in [0.4, 0.5) is 0 Å². The van der Waals surface area contributed by atoms with Gasteiger partial charge in [0.25, 0.3) is 0 Å². The fraction of sp³-hybridized carbons (Fsp3) is 0.462. The fourth-order valence-corrected chi connectivity index (χ4v) is 1.29. The third-order valence-corrected chi connectivity index (χ3v) is 2.07. The summed E-state index contributed by atoms with van der Waals surface area (Å²) in [6.45, 7) is 6.51. The molecule has 0 aromatic heterocycles. The number of ether oxygens (including phenoxy) is 1. The molecule has 1 aromatic rings. The number of hydrogen-bond donors (Lipinski definition) is 1. The van der Waals surface area contributed by atoms with E-state index in [1.165, 1.54) is 0 Å². The number of rotatable bonds is 3. The molecule has 2 N–H and O–H groups in total. The van der Waals surface area contributed by atoms with Gasteiger partial charge >= 0.3 is 5.97 Å². The minimum atomic E-state index is -0.201. The van der Waals surface area contributed by atoms with Crippen LogP contribution in [0.2, 0.25) is 0 Å². The summed E-state index contributed by atoms with van der Waals surface area (Å²) >= 11 is 0. The molecule has 0 radical (unpaired) electrons. The van der Waals surface area contributed by atoms with Crippen LogP contribution in [0.5, 0.6) is 5.75 Å². The number of carbonyl (C=O) groups is 1. The van der Waals surface area contributed by atoms with Gasteiger partial charge in [0.15, 0.2) is 0 Å². The van der Waals surface area contributed by atoms with E-state index in [4.69, 9.17) is 10.5 Å². The zero-order valence-electron chi connectivity index (χ0n) is 10.1. The molecule has 0 aliphatic heterocycles. The highest BCUT2D eigenvalue weighted by atomic mass is 16.5. The summed E-state index contributed by atoms with van der Waals surface area (Å²) in [5, 5.41) is 0. The van der Waals surface area contributed by atoms with E-state index >= 15 is 0 Å². The molecule has 16 heavy (non-hydrogen) atoms. The third kappa shape index (κ3) is 4.45. The summed E-state index contributed by atoms with van der Waals surface area (Å²) < 4.78 is 5.21. The topological polar surface area (TPSA) is 52.3 Å². The van der Waals surface area contributed by atoms with Crippen LogP contribution in [0, 0.1) is 5.41 Å². The van der Waals surface area contributed by atoms with Crippen molar-refractivity contribution in [3.63, 3.8) is 0 Å². The first kappa shape index (κ1) is 12.7. The average molecular weight is 221 g/mol. The zero-order chi connectivity index (χ0) is 12.2. The van der Waals surface area contributed by atoms with Crippen molar-refractivity contribution in [3.8, 4) is 5.75 Å². The minimum Gasteiger partial charge on any atom is -0.427 e. The molecule has 3 nitrogen and oxygen atoms in total. The van der Waals surface area contributed by atoms with E-state index in [0.29, 0.717) is 18.7 Å². The lowest BCUT2D eigenvalue weighted by atomic mass is 9.92. The van der Waals surface area contributed by atoms with Gasteiger partial charge in [-0.05, 0) is 23.1 Å². The molecule has 0 bridgehead atoms. The Morgan fingerprint density at radius 3 is 2.25 bits per heavy atom. The third-order valence-electron chi connectivity index (χ3n) is 2.07. The Balaban J connectivity index is 2.56. The quantitative estimate of drug-likeness (QED) is 0.630. The fourth-order valence-electron chi connectivity index (χ4n) is 1.29. The van der Waals surface area contributed by atoms with Gasteiger partial charge in [-0.25, -0.2) is 0 Å². The molecule has 0 saturated heterocycles. The van der Waals surface area contributed by atoms with Crippen molar-refractivity contribution in [3.05, 3.63) is 29.8 Å². The van der Waals surface area contributed by atoms with Gasteiger partial charge in [-0.15, -0.1) is 0 Å². The Labute approximate surface area is 96.6 Å². The van der Waals surface area contributed by atoms with E-state index in [9.17, 15) is 4.79 Å². The van der Waals surface area contributed by atoms with E-state index < -0.39 is 0 Å². The number of benzene rings is 1. The van der Waals surface area contributed by atoms with E-state index in [1.807, 2.05) is 32.9 Å². The van der Waals surface area contributed by atoms with Crippen molar-refractivity contribution < 1.29 is 9.53 Å². The lowest BCUT2D eigenvalue weighted by Crippen LogP contribution is -2.17. The number of esters is 1. The maximum atomic E-state index is 11.5. The van der Waals surface area contributed by atoms with Gasteiger partial charge in [-0.3, -0.25) is 4.79 Å². The molecule has 1 aromatic carbocycles. The molecule has 0 heterocycles. The van der Waals surface area contributed by atoms with Crippen LogP contribution in [-0.2, 0) is 11.3 Å². The molecule has 0 spiro atoms. The summed E-state index contributed by atoms with van der Waals surface area (Å²) in [5.41, 5.74) is 6.45. The van der Waals surface area contributed by atoms with Crippen molar-refractivity contribution in [2.75, 3.05) is 0 Å². The second-order valence-electron chi connectivity index (χ2n) is 5.06. The van der Waals surface area contributed by atoms with E-state index in [0.717, 1.165) is 5.56 Å². The summed E-state index contributed by atoms with van der Waals surface area (Å²) in [6.07, 6.45) is 0.408. The highest BCUT2D eigenvalue weighted by molar-refractivity contribution is 5.73. The molecule has 0 aliphatic rings. The number of hydrogen-bond acceptors (Lipinski definition) is 3. The minimum absolute atomic E-state index is 0.0473. The van der Waals surface area contributed by atoms with Crippen LogP contribution >= 0.6 is 0 Å². The van der Waals surface area contributed by atoms with E-state index in [2.05, 4.69) is 0 Å². The van der Waals surface area contributed by atoms with Gasteiger partial charge in [0.1, 0.15) is 5.75 Å². The second-order valence-corrected chi connectivity index (χ2v) is 5.06. The maximum absolute atomic E-state index is 11.5. The average Bonchev–Trinajstić information content (AvgIpc) is 2.16. The van der Waals surface area contributed by atoms with Crippen molar-refractivity contribution in [1.82, 2.24) is 0 Å². The molecular weight excluding hydrogens is 202 g/mol. The summed E-state index contributed by atoms with van der Waals surface area (Å²) in [6, 6.07) is 7.25. The zero-order valence-corrected chi connectivity index (χ0v) is 10.1. The second kappa shape index (κ2) is 5.12. The van der Waals surface area contributed by atoms with Crippen LogP contribution < -0.4 is 10.5 Å². The lowest BCUT2D eigenvalue weighted by molar-refractivity contribution is -0.136. The summed E-state index contributed by atoms with van der Waals surface area (Å²) in [4.78, 5) is 11.5. The van der Waals surface area contributed by atoms with Gasteiger partial charge in [0.2, 0.25) is 0 Å². The van der Waals surface area contributed by atoms with Crippen molar-refractivity contribution in [2.24, 2.45) is 11.1 Å². The smallest absolute Gasteiger partial charge is 0.311 e. The Morgan fingerprint density at radius 1 is 1.25 bits per heavy atom. The molecular formula is C13H19NO2. The monoisotopic (exact) mass is 221 g/mol. The van der Waals surface area contributed by atoms with Crippen molar-refractivity contribution in [1.29, 1.82) is 0 Å². The standard InChI is InChI=1S/C13H19NO2/c1-13(2,3)8-12(15)16-11-6-4-10(9-14)5-7-11/h4-7H,8-9,14H2,1-3H3. The molecule has 3 heteroatoms. The van der Waals surface area contributed by atoms with Gasteiger partial charge < -0.3 is 10.5 Å². The molecule has 0 aliphatic carbocycles. The molecule has 0 saturated carbocycles. The van der Waals surface area contributed by atoms with Crippen LogP contribution in [0.1, 0.15) is 32.8 Å². The van der Waals surface area contributed by atoms with Crippen LogP contribution in [0.25, 0.3) is 0 Å². The summed E-state index contributed by atoms with van der Waals surface area (Å²) in [7, 11) is 0. The number of nitrogens with two attached hydrogens (primary N) is 1. The predicted molar refractivity (Wildman–Crippen MR) is 64.0 cm³/mol. The van der Waals surface area contributed by atoms with Crippen LogP contribution in [0.3, 0.4) is 0 Å². The first-order chi connectivity index (χ1) is 7.40. The lowest BCUT2D eigenvalue weighted by Gasteiger charge is -2.16. The van der Waals surface area contributed by atoms with Gasteiger partial charge in [0, 0.05) is 6.54 Å². The Kier molecular flexibility index (Phi) is 4.07. The van der Waals surface area contributed by atoms with Crippen LogP contribution in [-0.4, -0.2) is 5.97 Å². The highest BCUT2D eigenvalue weighted by Crippen LogP contribution is 2.20. The molecule has 0 atom stereocenters. The highest BCUT2D eigenvalue weighted by Gasteiger charge is 2.17. The van der Waals surface area contributed by atoms with Crippen LogP contribution in [0.15, 0.2) is 24.3 Å². The van der Waals surface area contributed by atoms with Gasteiger partial charge in [-0.2, -0.15) is 0 Å². The number of carbonyl (C=O) groups excluding carboxylic acids is 1. The molecule has 0 fully saturated rings. The normalized spacial score (nSPS) is 11.2. The summed E-state index contributed by atoms with van der Waals surface area (Å²) in [5.74, 6) is 0.374. The van der Waals surface area contributed by atoms with Gasteiger partial charge in [0.05, 0.1) is 6.42 Å². The van der Waals surface area contributed by atoms with Crippen molar-refractivity contribution >= 4 is 5.97 Å². The first-order valence-electron chi connectivity index (χ1n) is 5.40. The largest absolute Gasteiger partial charge is 0.427 e. The van der Waals surface area contributed by atoms with E-state index in [1.54, 1.807) is 12.1 Å². The molecule has 88 valence electrons. The SMILES string of the molecule is CC(C)(C)CC(=O)Oc1ccc(CN)cc1. The predicted octanol–water partition coefficient (Wildman–Crippen LogP) is 2.49. The first-order valence-corrected chi connectivity index (χ1v) is 5.40. The van der Waals surface area contributed by atoms with Crippen molar-refractivity contribution in [2.45, 2.75) is 33.7 Å². The Bertz CT molecular complexity index is 349. The molecule has 0 unspecified atom stereocenters. The molecule has 0 amide bonds.